The van der Waals surface area contributed by atoms with Crippen molar-refractivity contribution in [1.29, 1.82) is 0 Å². The SMILES string of the molecule is CCCNC1CCN(C/C=C/Cl)c2ccccc21. The lowest BCUT2D eigenvalue weighted by Gasteiger charge is -2.35. The number of anilines is 1. The fourth-order valence-electron chi connectivity index (χ4n) is 2.52. The van der Waals surface area contributed by atoms with Crippen LogP contribution in [0.2, 0.25) is 0 Å². The number of rotatable bonds is 5. The minimum atomic E-state index is 0.498. The van der Waals surface area contributed by atoms with E-state index >= 15 is 0 Å². The van der Waals surface area contributed by atoms with Gasteiger partial charge in [0.2, 0.25) is 0 Å². The first kappa shape index (κ1) is 13.4. The first-order valence-corrected chi connectivity index (χ1v) is 7.13. The third-order valence-corrected chi connectivity index (χ3v) is 3.57. The minimum absolute atomic E-state index is 0.498. The fraction of sp³-hybridized carbons (Fsp3) is 0.467. The standard InChI is InChI=1S/C15H21ClN2/c1-2-10-17-14-8-12-18(11-5-9-16)15-7-4-3-6-13(14)15/h3-7,9,14,17H,2,8,10-12H2,1H3/b9-5+. The molecule has 0 saturated heterocycles. The number of hydrogen-bond donors (Lipinski definition) is 1. The van der Waals surface area contributed by atoms with Gasteiger partial charge in [-0.3, -0.25) is 0 Å². The lowest BCUT2D eigenvalue weighted by Crippen LogP contribution is -2.36. The van der Waals surface area contributed by atoms with Gasteiger partial charge in [0.15, 0.2) is 0 Å². The summed E-state index contributed by atoms with van der Waals surface area (Å²) in [5, 5.41) is 3.63. The second kappa shape index (κ2) is 6.81. The van der Waals surface area contributed by atoms with Crippen molar-refractivity contribution in [1.82, 2.24) is 5.32 Å². The Hall–Kier alpha value is -0.990. The molecule has 0 spiro atoms. The zero-order valence-electron chi connectivity index (χ0n) is 10.9. The van der Waals surface area contributed by atoms with Crippen LogP contribution in [0.25, 0.3) is 0 Å². The fourth-order valence-corrected chi connectivity index (χ4v) is 2.60. The zero-order valence-corrected chi connectivity index (χ0v) is 11.7. The number of hydrogen-bond acceptors (Lipinski definition) is 2. The highest BCUT2D eigenvalue weighted by molar-refractivity contribution is 6.25. The molecule has 0 fully saturated rings. The summed E-state index contributed by atoms with van der Waals surface area (Å²) in [6, 6.07) is 9.17. The molecule has 2 nitrogen and oxygen atoms in total. The summed E-state index contributed by atoms with van der Waals surface area (Å²) in [5.41, 5.74) is 4.36. The Morgan fingerprint density at radius 2 is 2.28 bits per heavy atom. The lowest BCUT2D eigenvalue weighted by molar-refractivity contribution is 0.481. The molecule has 1 aliphatic rings. The van der Waals surface area contributed by atoms with Crippen LogP contribution in [0.1, 0.15) is 31.4 Å². The summed E-state index contributed by atoms with van der Waals surface area (Å²) in [5.74, 6) is 0. The van der Waals surface area contributed by atoms with Gasteiger partial charge in [0.1, 0.15) is 0 Å². The third kappa shape index (κ3) is 3.06. The molecule has 1 aromatic carbocycles. The summed E-state index contributed by atoms with van der Waals surface area (Å²) >= 11 is 5.63. The number of benzene rings is 1. The van der Waals surface area contributed by atoms with Gasteiger partial charge in [-0.1, -0.05) is 42.8 Å². The Kier molecular flexibility index (Phi) is 5.09. The van der Waals surface area contributed by atoms with Crippen LogP contribution in [0.15, 0.2) is 35.9 Å². The number of halogens is 1. The molecule has 18 heavy (non-hydrogen) atoms. The van der Waals surface area contributed by atoms with E-state index in [2.05, 4.69) is 41.4 Å². The van der Waals surface area contributed by atoms with Crippen molar-refractivity contribution < 1.29 is 0 Å². The normalized spacial score (nSPS) is 19.2. The van der Waals surface area contributed by atoms with Crippen LogP contribution < -0.4 is 10.2 Å². The van der Waals surface area contributed by atoms with Gasteiger partial charge in [-0.2, -0.15) is 0 Å². The largest absolute Gasteiger partial charge is 0.367 e. The Labute approximate surface area is 115 Å². The molecule has 1 unspecified atom stereocenters. The molecule has 98 valence electrons. The van der Waals surface area contributed by atoms with E-state index in [0.717, 1.165) is 26.1 Å². The maximum absolute atomic E-state index is 5.63. The Morgan fingerprint density at radius 3 is 3.06 bits per heavy atom. The Morgan fingerprint density at radius 1 is 1.44 bits per heavy atom. The molecule has 0 radical (unpaired) electrons. The van der Waals surface area contributed by atoms with E-state index in [0.29, 0.717) is 6.04 Å². The molecule has 1 aliphatic heterocycles. The van der Waals surface area contributed by atoms with Crippen molar-refractivity contribution in [2.24, 2.45) is 0 Å². The summed E-state index contributed by atoms with van der Waals surface area (Å²) in [6.45, 7) is 5.26. The quantitative estimate of drug-likeness (QED) is 0.873. The molecule has 0 amide bonds. The van der Waals surface area contributed by atoms with Gasteiger partial charge in [-0.15, -0.1) is 0 Å². The molecule has 3 heteroatoms. The van der Waals surface area contributed by atoms with E-state index in [9.17, 15) is 0 Å². The maximum atomic E-state index is 5.63. The molecular weight excluding hydrogens is 244 g/mol. The second-order valence-corrected chi connectivity index (χ2v) is 4.91. The molecule has 1 atom stereocenters. The van der Waals surface area contributed by atoms with Crippen LogP contribution in [0, 0.1) is 0 Å². The molecule has 1 heterocycles. The smallest absolute Gasteiger partial charge is 0.0417 e. The average molecular weight is 265 g/mol. The molecule has 1 N–H and O–H groups in total. The van der Waals surface area contributed by atoms with E-state index in [4.69, 9.17) is 11.6 Å². The predicted octanol–water partition coefficient (Wildman–Crippen LogP) is 3.69. The van der Waals surface area contributed by atoms with Crippen molar-refractivity contribution in [3.05, 3.63) is 41.4 Å². The summed E-state index contributed by atoms with van der Waals surface area (Å²) in [4.78, 5) is 2.39. The monoisotopic (exact) mass is 264 g/mol. The van der Waals surface area contributed by atoms with E-state index in [1.165, 1.54) is 17.7 Å². The van der Waals surface area contributed by atoms with E-state index in [1.54, 1.807) is 5.54 Å². The van der Waals surface area contributed by atoms with Gasteiger partial charge >= 0.3 is 0 Å². The molecular formula is C15H21ClN2. The molecule has 0 saturated carbocycles. The first-order valence-electron chi connectivity index (χ1n) is 6.69. The summed E-state index contributed by atoms with van der Waals surface area (Å²) in [7, 11) is 0. The van der Waals surface area contributed by atoms with Gasteiger partial charge in [-0.05, 0) is 31.0 Å². The van der Waals surface area contributed by atoms with E-state index < -0.39 is 0 Å². The Balaban J connectivity index is 2.17. The van der Waals surface area contributed by atoms with Crippen LogP contribution in [-0.4, -0.2) is 19.6 Å². The lowest BCUT2D eigenvalue weighted by atomic mass is 9.96. The minimum Gasteiger partial charge on any atom is -0.367 e. The van der Waals surface area contributed by atoms with Crippen LogP contribution in [-0.2, 0) is 0 Å². The van der Waals surface area contributed by atoms with Crippen molar-refractivity contribution in [3.63, 3.8) is 0 Å². The molecule has 0 aromatic heterocycles. The van der Waals surface area contributed by atoms with Crippen LogP contribution >= 0.6 is 11.6 Å². The van der Waals surface area contributed by atoms with Crippen molar-refractivity contribution in [3.8, 4) is 0 Å². The number of para-hydroxylation sites is 1. The number of nitrogens with one attached hydrogen (secondary N) is 1. The van der Waals surface area contributed by atoms with E-state index in [-0.39, 0.29) is 0 Å². The van der Waals surface area contributed by atoms with E-state index in [1.807, 2.05) is 6.08 Å². The van der Waals surface area contributed by atoms with Gasteiger partial charge < -0.3 is 10.2 Å². The third-order valence-electron chi connectivity index (χ3n) is 3.40. The molecule has 1 aromatic rings. The van der Waals surface area contributed by atoms with Crippen molar-refractivity contribution in [2.45, 2.75) is 25.8 Å². The van der Waals surface area contributed by atoms with Crippen LogP contribution in [0.3, 0.4) is 0 Å². The number of fused-ring (bicyclic) bond motifs is 1. The second-order valence-electron chi connectivity index (χ2n) is 4.66. The van der Waals surface area contributed by atoms with Gasteiger partial charge in [0.05, 0.1) is 0 Å². The molecule has 0 aliphatic carbocycles. The van der Waals surface area contributed by atoms with Crippen LogP contribution in [0.5, 0.6) is 0 Å². The topological polar surface area (TPSA) is 15.3 Å². The predicted molar refractivity (Wildman–Crippen MR) is 79.3 cm³/mol. The van der Waals surface area contributed by atoms with Crippen molar-refractivity contribution in [2.75, 3.05) is 24.5 Å². The number of nitrogens with zero attached hydrogens (tertiary/aromatic N) is 1. The maximum Gasteiger partial charge on any atom is 0.0417 e. The average Bonchev–Trinajstić information content (AvgIpc) is 2.43. The summed E-state index contributed by atoms with van der Waals surface area (Å²) < 4.78 is 0. The molecule has 2 rings (SSSR count). The zero-order chi connectivity index (χ0) is 12.8. The first-order chi connectivity index (χ1) is 8.86. The highest BCUT2D eigenvalue weighted by atomic mass is 35.5. The van der Waals surface area contributed by atoms with Gasteiger partial charge in [0, 0.05) is 30.4 Å². The highest BCUT2D eigenvalue weighted by Gasteiger charge is 2.23. The van der Waals surface area contributed by atoms with Crippen LogP contribution in [0.4, 0.5) is 5.69 Å². The molecule has 0 bridgehead atoms. The van der Waals surface area contributed by atoms with Gasteiger partial charge in [-0.25, -0.2) is 0 Å². The van der Waals surface area contributed by atoms with Gasteiger partial charge in [0.25, 0.3) is 0 Å². The van der Waals surface area contributed by atoms with Crippen molar-refractivity contribution >= 4 is 17.3 Å². The highest BCUT2D eigenvalue weighted by Crippen LogP contribution is 2.33. The Bertz CT molecular complexity index is 403. The summed E-state index contributed by atoms with van der Waals surface area (Å²) in [6.07, 6.45) is 4.34.